The third-order valence-electron chi connectivity index (χ3n) is 3.69. The summed E-state index contributed by atoms with van der Waals surface area (Å²) in [5.41, 5.74) is 0. The lowest BCUT2D eigenvalue weighted by Crippen LogP contribution is -2.54. The van der Waals surface area contributed by atoms with Crippen molar-refractivity contribution in [1.82, 2.24) is 10.2 Å². The highest BCUT2D eigenvalue weighted by atomic mass is 16.5. The smallest absolute Gasteiger partial charge is 0.226 e. The average molecular weight is 242 g/mol. The largest absolute Gasteiger partial charge is 0.394 e. The van der Waals surface area contributed by atoms with Gasteiger partial charge in [0.1, 0.15) is 0 Å². The molecule has 0 saturated carbocycles. The quantitative estimate of drug-likeness (QED) is 0.691. The zero-order chi connectivity index (χ0) is 12.3. The highest BCUT2D eigenvalue weighted by Crippen LogP contribution is 2.21. The van der Waals surface area contributed by atoms with Crippen LogP contribution >= 0.6 is 0 Å². The SMILES string of the molecule is CC1CC(C(=O)N2CCOCC2CO)CCN1. The first kappa shape index (κ1) is 12.8. The second-order valence-corrected chi connectivity index (χ2v) is 5.02. The lowest BCUT2D eigenvalue weighted by molar-refractivity contribution is -0.147. The number of aliphatic hydroxyl groups is 1. The molecule has 0 aromatic rings. The molecule has 3 atom stereocenters. The molecule has 0 aliphatic carbocycles. The minimum atomic E-state index is -0.151. The molecule has 0 bridgehead atoms. The first-order valence-electron chi connectivity index (χ1n) is 6.45. The van der Waals surface area contributed by atoms with Crippen LogP contribution in [0.25, 0.3) is 0 Å². The lowest BCUT2D eigenvalue weighted by atomic mass is 9.91. The first-order chi connectivity index (χ1) is 8.22. The molecule has 0 aromatic heterocycles. The van der Waals surface area contributed by atoms with Gasteiger partial charge in [0.15, 0.2) is 0 Å². The fourth-order valence-electron chi connectivity index (χ4n) is 2.69. The minimum Gasteiger partial charge on any atom is -0.394 e. The van der Waals surface area contributed by atoms with Crippen LogP contribution in [0.2, 0.25) is 0 Å². The Kier molecular flexibility index (Phi) is 4.36. The summed E-state index contributed by atoms with van der Waals surface area (Å²) in [5.74, 6) is 0.305. The summed E-state index contributed by atoms with van der Waals surface area (Å²) in [6.07, 6.45) is 1.80. The van der Waals surface area contributed by atoms with Crippen molar-refractivity contribution in [3.63, 3.8) is 0 Å². The summed E-state index contributed by atoms with van der Waals surface area (Å²) in [4.78, 5) is 14.2. The van der Waals surface area contributed by atoms with Crippen molar-refractivity contribution in [2.45, 2.75) is 31.8 Å². The maximum atomic E-state index is 12.4. The molecule has 2 heterocycles. The molecule has 2 fully saturated rings. The van der Waals surface area contributed by atoms with Gasteiger partial charge >= 0.3 is 0 Å². The first-order valence-corrected chi connectivity index (χ1v) is 6.45. The molecule has 2 aliphatic rings. The molecule has 5 heteroatoms. The number of amides is 1. The normalized spacial score (nSPS) is 34.7. The molecule has 3 unspecified atom stereocenters. The molecular weight excluding hydrogens is 220 g/mol. The van der Waals surface area contributed by atoms with Crippen molar-refractivity contribution >= 4 is 5.91 Å². The number of hydrogen-bond donors (Lipinski definition) is 2. The fourth-order valence-corrected chi connectivity index (χ4v) is 2.69. The van der Waals surface area contributed by atoms with Crippen molar-refractivity contribution in [3.8, 4) is 0 Å². The summed E-state index contributed by atoms with van der Waals surface area (Å²) in [6, 6.07) is 0.257. The zero-order valence-corrected chi connectivity index (χ0v) is 10.4. The second kappa shape index (κ2) is 5.80. The lowest BCUT2D eigenvalue weighted by Gasteiger charge is -2.38. The number of nitrogens with one attached hydrogen (secondary N) is 1. The van der Waals surface area contributed by atoms with E-state index in [9.17, 15) is 9.90 Å². The number of hydrogen-bond acceptors (Lipinski definition) is 4. The van der Waals surface area contributed by atoms with Crippen molar-refractivity contribution in [2.24, 2.45) is 5.92 Å². The van der Waals surface area contributed by atoms with E-state index >= 15 is 0 Å². The molecule has 2 rings (SSSR count). The Hall–Kier alpha value is -0.650. The predicted octanol–water partition coefficient (Wildman–Crippen LogP) is -0.406. The number of piperidine rings is 1. The van der Waals surface area contributed by atoms with E-state index in [-0.39, 0.29) is 24.5 Å². The molecule has 5 nitrogen and oxygen atoms in total. The molecule has 2 saturated heterocycles. The van der Waals surface area contributed by atoms with Crippen LogP contribution in [0.5, 0.6) is 0 Å². The number of rotatable bonds is 2. The van der Waals surface area contributed by atoms with Crippen molar-refractivity contribution in [3.05, 3.63) is 0 Å². The molecule has 2 N–H and O–H groups in total. The van der Waals surface area contributed by atoms with Gasteiger partial charge in [-0.25, -0.2) is 0 Å². The second-order valence-electron chi connectivity index (χ2n) is 5.02. The van der Waals surface area contributed by atoms with Gasteiger partial charge < -0.3 is 20.1 Å². The molecule has 98 valence electrons. The highest BCUT2D eigenvalue weighted by Gasteiger charge is 2.33. The molecule has 17 heavy (non-hydrogen) atoms. The van der Waals surface area contributed by atoms with Crippen molar-refractivity contribution in [1.29, 1.82) is 0 Å². The third-order valence-corrected chi connectivity index (χ3v) is 3.69. The van der Waals surface area contributed by atoms with Gasteiger partial charge in [-0.1, -0.05) is 0 Å². The van der Waals surface area contributed by atoms with E-state index in [1.54, 1.807) is 0 Å². The number of ether oxygens (including phenoxy) is 1. The van der Waals surface area contributed by atoms with Gasteiger partial charge in [0.25, 0.3) is 0 Å². The van der Waals surface area contributed by atoms with Gasteiger partial charge in [0, 0.05) is 18.5 Å². The number of morpholine rings is 1. The van der Waals surface area contributed by atoms with Crippen LogP contribution in [0.15, 0.2) is 0 Å². The monoisotopic (exact) mass is 242 g/mol. The van der Waals surface area contributed by atoms with E-state index in [1.165, 1.54) is 0 Å². The zero-order valence-electron chi connectivity index (χ0n) is 10.4. The number of aliphatic hydroxyl groups excluding tert-OH is 1. The maximum Gasteiger partial charge on any atom is 0.226 e. The summed E-state index contributed by atoms with van der Waals surface area (Å²) < 4.78 is 5.30. The van der Waals surface area contributed by atoms with Crippen molar-refractivity contribution < 1.29 is 14.6 Å². The van der Waals surface area contributed by atoms with E-state index in [2.05, 4.69) is 12.2 Å². The molecule has 0 radical (unpaired) electrons. The minimum absolute atomic E-state index is 0.00768. The third kappa shape index (κ3) is 2.97. The Balaban J connectivity index is 1.97. The molecule has 0 aromatic carbocycles. The van der Waals surface area contributed by atoms with E-state index in [0.29, 0.717) is 25.8 Å². The topological polar surface area (TPSA) is 61.8 Å². The summed E-state index contributed by atoms with van der Waals surface area (Å²) in [6.45, 7) is 4.67. The van der Waals surface area contributed by atoms with Gasteiger partial charge in [-0.15, -0.1) is 0 Å². The van der Waals surface area contributed by atoms with Crippen LogP contribution in [-0.2, 0) is 9.53 Å². The van der Waals surface area contributed by atoms with Crippen LogP contribution in [0.3, 0.4) is 0 Å². The van der Waals surface area contributed by atoms with Crippen LogP contribution in [0.1, 0.15) is 19.8 Å². The van der Waals surface area contributed by atoms with Crippen LogP contribution in [0.4, 0.5) is 0 Å². The Morgan fingerprint density at radius 2 is 2.41 bits per heavy atom. The predicted molar refractivity (Wildman–Crippen MR) is 63.6 cm³/mol. The van der Waals surface area contributed by atoms with Gasteiger partial charge in [0.05, 0.1) is 25.9 Å². The molecule has 2 aliphatic heterocycles. The summed E-state index contributed by atoms with van der Waals surface area (Å²) in [5, 5.41) is 12.6. The summed E-state index contributed by atoms with van der Waals surface area (Å²) in [7, 11) is 0. The number of carbonyl (C=O) groups is 1. The number of nitrogens with zero attached hydrogens (tertiary/aromatic N) is 1. The van der Waals surface area contributed by atoms with Gasteiger partial charge in [-0.05, 0) is 26.3 Å². The molecule has 0 spiro atoms. The molecular formula is C12H22N2O3. The average Bonchev–Trinajstić information content (AvgIpc) is 2.38. The Morgan fingerprint density at radius 3 is 3.12 bits per heavy atom. The molecule has 1 amide bonds. The van der Waals surface area contributed by atoms with E-state index in [1.807, 2.05) is 4.90 Å². The standard InChI is InChI=1S/C12H22N2O3/c1-9-6-10(2-3-13-9)12(16)14-4-5-17-8-11(14)7-15/h9-11,13,15H,2-8H2,1H3. The van der Waals surface area contributed by atoms with Crippen molar-refractivity contribution in [2.75, 3.05) is 32.9 Å². The van der Waals surface area contributed by atoms with E-state index in [4.69, 9.17) is 4.74 Å². The Bertz CT molecular complexity index is 272. The van der Waals surface area contributed by atoms with E-state index in [0.717, 1.165) is 19.4 Å². The van der Waals surface area contributed by atoms with E-state index < -0.39 is 0 Å². The highest BCUT2D eigenvalue weighted by molar-refractivity contribution is 5.79. The van der Waals surface area contributed by atoms with Gasteiger partial charge in [0.2, 0.25) is 5.91 Å². The van der Waals surface area contributed by atoms with Crippen LogP contribution in [-0.4, -0.2) is 60.9 Å². The Labute approximate surface area is 102 Å². The van der Waals surface area contributed by atoms with Gasteiger partial charge in [-0.3, -0.25) is 4.79 Å². The summed E-state index contributed by atoms with van der Waals surface area (Å²) >= 11 is 0. The fraction of sp³-hybridized carbons (Fsp3) is 0.917. The number of carbonyl (C=O) groups excluding carboxylic acids is 1. The maximum absolute atomic E-state index is 12.4. The van der Waals surface area contributed by atoms with Gasteiger partial charge in [-0.2, -0.15) is 0 Å². The van der Waals surface area contributed by atoms with Crippen LogP contribution in [0, 0.1) is 5.92 Å². The van der Waals surface area contributed by atoms with Crippen LogP contribution < -0.4 is 5.32 Å². The Morgan fingerprint density at radius 1 is 1.59 bits per heavy atom.